The molecule has 0 amide bonds. The molecule has 78 valence electrons. The molecule has 2 N–H and O–H groups in total. The Bertz CT molecular complexity index is 307. The van der Waals surface area contributed by atoms with Crippen molar-refractivity contribution in [2.75, 3.05) is 0 Å². The van der Waals surface area contributed by atoms with Crippen molar-refractivity contribution in [3.63, 3.8) is 0 Å². The molecule has 0 radical (unpaired) electrons. The van der Waals surface area contributed by atoms with Gasteiger partial charge in [0.25, 0.3) is 0 Å². The van der Waals surface area contributed by atoms with Gasteiger partial charge in [-0.05, 0) is 36.5 Å². The number of rotatable bonds is 3. The van der Waals surface area contributed by atoms with E-state index >= 15 is 0 Å². The van der Waals surface area contributed by atoms with E-state index in [1.165, 1.54) is 5.56 Å². The molecule has 0 aliphatic heterocycles. The van der Waals surface area contributed by atoms with Gasteiger partial charge in [-0.1, -0.05) is 37.6 Å². The van der Waals surface area contributed by atoms with Crippen LogP contribution < -0.4 is 5.73 Å². The van der Waals surface area contributed by atoms with Crippen LogP contribution >= 0.6 is 11.6 Å². The smallest absolute Gasteiger partial charge is 0.0456 e. The van der Waals surface area contributed by atoms with Crippen LogP contribution in [0.15, 0.2) is 18.2 Å². The van der Waals surface area contributed by atoms with Gasteiger partial charge in [-0.15, -0.1) is 0 Å². The molecule has 0 saturated heterocycles. The van der Waals surface area contributed by atoms with Crippen LogP contribution in [0, 0.1) is 12.8 Å². The Morgan fingerprint density at radius 3 is 2.50 bits per heavy atom. The fourth-order valence-corrected chi connectivity index (χ4v) is 1.94. The van der Waals surface area contributed by atoms with Crippen LogP contribution in [0.3, 0.4) is 0 Å². The highest BCUT2D eigenvalue weighted by atomic mass is 35.5. The normalized spacial score (nSPS) is 13.3. The molecule has 0 unspecified atom stereocenters. The predicted octanol–water partition coefficient (Wildman–Crippen LogP) is 3.69. The third-order valence-corrected chi connectivity index (χ3v) is 2.61. The van der Waals surface area contributed by atoms with Crippen LogP contribution in [0.5, 0.6) is 0 Å². The van der Waals surface area contributed by atoms with E-state index in [1.54, 1.807) is 0 Å². The van der Waals surface area contributed by atoms with Gasteiger partial charge in [0.15, 0.2) is 0 Å². The Hall–Kier alpha value is -0.530. The molecule has 1 nitrogen and oxygen atoms in total. The maximum Gasteiger partial charge on any atom is 0.0456 e. The third-order valence-electron chi connectivity index (χ3n) is 2.28. The van der Waals surface area contributed by atoms with E-state index in [1.807, 2.05) is 19.1 Å². The summed E-state index contributed by atoms with van der Waals surface area (Å²) in [7, 11) is 0. The van der Waals surface area contributed by atoms with E-state index in [2.05, 4.69) is 19.9 Å². The molecule has 0 bridgehead atoms. The summed E-state index contributed by atoms with van der Waals surface area (Å²) in [4.78, 5) is 0. The second-order valence-corrected chi connectivity index (χ2v) is 4.67. The largest absolute Gasteiger partial charge is 0.324 e. The maximum absolute atomic E-state index is 6.13. The fraction of sp³-hybridized carbons (Fsp3) is 0.500. The summed E-state index contributed by atoms with van der Waals surface area (Å²) in [6.07, 6.45) is 0.975. The van der Waals surface area contributed by atoms with Crippen LogP contribution in [-0.2, 0) is 0 Å². The van der Waals surface area contributed by atoms with E-state index in [0.29, 0.717) is 5.92 Å². The van der Waals surface area contributed by atoms with Gasteiger partial charge >= 0.3 is 0 Å². The molecule has 0 aliphatic carbocycles. The van der Waals surface area contributed by atoms with Crippen molar-refractivity contribution < 1.29 is 0 Å². The monoisotopic (exact) mass is 211 g/mol. The predicted molar refractivity (Wildman–Crippen MR) is 62.6 cm³/mol. The molecule has 0 aromatic heterocycles. The van der Waals surface area contributed by atoms with Gasteiger partial charge in [0.05, 0.1) is 0 Å². The fourth-order valence-electron chi connectivity index (χ4n) is 1.57. The van der Waals surface area contributed by atoms with Crippen molar-refractivity contribution in [2.45, 2.75) is 33.2 Å². The van der Waals surface area contributed by atoms with Gasteiger partial charge < -0.3 is 5.73 Å². The standard InChI is InChI=1S/C12H18ClN/c1-8(2)6-12(14)10-5-4-9(3)7-11(10)13/h4-5,7-8,12H,6,14H2,1-3H3/t12-/m0/s1. The first kappa shape index (κ1) is 11.5. The molecule has 14 heavy (non-hydrogen) atoms. The van der Waals surface area contributed by atoms with Gasteiger partial charge in [0.2, 0.25) is 0 Å². The second-order valence-electron chi connectivity index (χ2n) is 4.26. The van der Waals surface area contributed by atoms with Crippen molar-refractivity contribution in [3.8, 4) is 0 Å². The first-order valence-corrected chi connectivity index (χ1v) is 5.40. The summed E-state index contributed by atoms with van der Waals surface area (Å²) in [5.74, 6) is 0.599. The average Bonchev–Trinajstić information content (AvgIpc) is 2.01. The minimum absolute atomic E-state index is 0.0584. The molecule has 1 aromatic rings. The molecular weight excluding hydrogens is 194 g/mol. The van der Waals surface area contributed by atoms with Crippen LogP contribution in [0.1, 0.15) is 37.4 Å². The summed E-state index contributed by atoms with van der Waals surface area (Å²) in [6.45, 7) is 6.37. The van der Waals surface area contributed by atoms with Crippen molar-refractivity contribution in [3.05, 3.63) is 34.3 Å². The van der Waals surface area contributed by atoms with Crippen molar-refractivity contribution in [1.82, 2.24) is 0 Å². The molecule has 0 saturated carbocycles. The zero-order valence-corrected chi connectivity index (χ0v) is 9.81. The topological polar surface area (TPSA) is 26.0 Å². The first-order chi connectivity index (χ1) is 6.50. The maximum atomic E-state index is 6.13. The number of hydrogen-bond acceptors (Lipinski definition) is 1. The lowest BCUT2D eigenvalue weighted by Gasteiger charge is -2.16. The Morgan fingerprint density at radius 2 is 2.00 bits per heavy atom. The van der Waals surface area contributed by atoms with Crippen LogP contribution in [0.2, 0.25) is 5.02 Å². The third kappa shape index (κ3) is 3.00. The number of nitrogens with two attached hydrogens (primary N) is 1. The molecule has 1 aromatic carbocycles. The van der Waals surface area contributed by atoms with Gasteiger partial charge in [-0.3, -0.25) is 0 Å². The lowest BCUT2D eigenvalue weighted by atomic mass is 9.97. The molecule has 0 heterocycles. The first-order valence-electron chi connectivity index (χ1n) is 5.02. The zero-order chi connectivity index (χ0) is 10.7. The number of hydrogen-bond donors (Lipinski definition) is 1. The van der Waals surface area contributed by atoms with Crippen molar-refractivity contribution >= 4 is 11.6 Å². The molecule has 1 rings (SSSR count). The summed E-state index contributed by atoms with van der Waals surface area (Å²) in [5, 5.41) is 0.790. The Kier molecular flexibility index (Phi) is 3.97. The summed E-state index contributed by atoms with van der Waals surface area (Å²) in [5.41, 5.74) is 8.30. The van der Waals surface area contributed by atoms with Gasteiger partial charge in [0, 0.05) is 11.1 Å². The molecule has 0 fully saturated rings. The zero-order valence-electron chi connectivity index (χ0n) is 9.05. The van der Waals surface area contributed by atoms with Gasteiger partial charge in [-0.25, -0.2) is 0 Å². The van der Waals surface area contributed by atoms with E-state index in [4.69, 9.17) is 17.3 Å². The van der Waals surface area contributed by atoms with E-state index in [9.17, 15) is 0 Å². The number of benzene rings is 1. The van der Waals surface area contributed by atoms with E-state index < -0.39 is 0 Å². The highest BCUT2D eigenvalue weighted by Gasteiger charge is 2.11. The van der Waals surface area contributed by atoms with E-state index in [0.717, 1.165) is 17.0 Å². The Labute approximate surface area is 91.3 Å². The van der Waals surface area contributed by atoms with Crippen molar-refractivity contribution in [1.29, 1.82) is 0 Å². The van der Waals surface area contributed by atoms with Crippen molar-refractivity contribution in [2.24, 2.45) is 11.7 Å². The molecule has 2 heteroatoms. The number of aryl methyl sites for hydroxylation is 1. The van der Waals surface area contributed by atoms with Crippen LogP contribution in [0.25, 0.3) is 0 Å². The molecule has 1 atom stereocenters. The number of halogens is 1. The minimum Gasteiger partial charge on any atom is -0.324 e. The Morgan fingerprint density at radius 1 is 1.36 bits per heavy atom. The summed E-state index contributed by atoms with van der Waals surface area (Å²) in [6, 6.07) is 6.12. The lowest BCUT2D eigenvalue weighted by molar-refractivity contribution is 0.510. The average molecular weight is 212 g/mol. The minimum atomic E-state index is 0.0584. The molecule has 0 aliphatic rings. The Balaban J connectivity index is 2.84. The lowest BCUT2D eigenvalue weighted by Crippen LogP contribution is -2.13. The van der Waals surface area contributed by atoms with Crippen LogP contribution in [0.4, 0.5) is 0 Å². The van der Waals surface area contributed by atoms with E-state index in [-0.39, 0.29) is 6.04 Å². The quantitative estimate of drug-likeness (QED) is 0.811. The highest BCUT2D eigenvalue weighted by molar-refractivity contribution is 6.31. The molecule has 0 spiro atoms. The SMILES string of the molecule is Cc1ccc([C@@H](N)CC(C)C)c(Cl)c1. The molecular formula is C12H18ClN. The summed E-state index contributed by atoms with van der Waals surface area (Å²) < 4.78 is 0. The van der Waals surface area contributed by atoms with Crippen LogP contribution in [-0.4, -0.2) is 0 Å². The van der Waals surface area contributed by atoms with Gasteiger partial charge in [-0.2, -0.15) is 0 Å². The summed E-state index contributed by atoms with van der Waals surface area (Å²) >= 11 is 6.13. The second kappa shape index (κ2) is 4.81. The highest BCUT2D eigenvalue weighted by Crippen LogP contribution is 2.26. The van der Waals surface area contributed by atoms with Gasteiger partial charge in [0.1, 0.15) is 0 Å².